The third-order valence-electron chi connectivity index (χ3n) is 5.31. The van der Waals surface area contributed by atoms with E-state index in [1.54, 1.807) is 0 Å². The molecule has 2 aromatic rings. The van der Waals surface area contributed by atoms with E-state index >= 15 is 0 Å². The number of carbonyl (C=O) groups excluding carboxylic acids is 2. The number of piperidine rings is 1. The Balaban J connectivity index is 1.28. The monoisotopic (exact) mass is 379 g/mol. The maximum Gasteiger partial charge on any atom is 0.265 e. The van der Waals surface area contributed by atoms with E-state index in [2.05, 4.69) is 34.5 Å². The van der Waals surface area contributed by atoms with Gasteiger partial charge in [0.1, 0.15) is 12.3 Å². The lowest BCUT2D eigenvalue weighted by Crippen LogP contribution is -2.49. The minimum absolute atomic E-state index is 0.0256. The van der Waals surface area contributed by atoms with Crippen LogP contribution in [0.25, 0.3) is 0 Å². The van der Waals surface area contributed by atoms with E-state index in [1.165, 1.54) is 10.5 Å². The summed E-state index contributed by atoms with van der Waals surface area (Å²) >= 11 is 0. The fourth-order valence-electron chi connectivity index (χ4n) is 3.82. The van der Waals surface area contributed by atoms with Gasteiger partial charge in [-0.25, -0.2) is 0 Å². The van der Waals surface area contributed by atoms with Gasteiger partial charge in [-0.1, -0.05) is 42.5 Å². The Morgan fingerprint density at radius 3 is 2.54 bits per heavy atom. The number of para-hydroxylation sites is 2. The normalized spacial score (nSPS) is 17.7. The number of hydrogen-bond acceptors (Lipinski definition) is 4. The lowest BCUT2D eigenvalue weighted by Gasteiger charge is -2.33. The highest BCUT2D eigenvalue weighted by molar-refractivity contribution is 6.02. The van der Waals surface area contributed by atoms with Crippen LogP contribution >= 0.6 is 0 Å². The lowest BCUT2D eigenvalue weighted by molar-refractivity contribution is -0.125. The maximum absolute atomic E-state index is 12.5. The highest BCUT2D eigenvalue weighted by Gasteiger charge is 2.28. The maximum atomic E-state index is 12.5. The van der Waals surface area contributed by atoms with Gasteiger partial charge in [-0.2, -0.15) is 0 Å². The Hall–Kier alpha value is -2.86. The number of nitrogens with one attached hydrogen (secondary N) is 1. The standard InChI is InChI=1S/C22H25N3O3/c26-21(15-25-19-8-4-5-9-20(19)28-16-22(25)27)23-18-10-12-24(13-11-18)14-17-6-2-1-3-7-17/h1-9,18H,10-16H2,(H,23,26). The number of carbonyl (C=O) groups is 2. The SMILES string of the molecule is O=C(CN1C(=O)COc2ccccc21)NC1CCN(Cc2ccccc2)CC1. The van der Waals surface area contributed by atoms with E-state index in [0.29, 0.717) is 11.4 Å². The zero-order chi connectivity index (χ0) is 19.3. The smallest absolute Gasteiger partial charge is 0.265 e. The predicted octanol–water partition coefficient (Wildman–Crippen LogP) is 2.19. The molecule has 4 rings (SSSR count). The molecule has 2 aliphatic heterocycles. The number of anilines is 1. The van der Waals surface area contributed by atoms with Crippen LogP contribution in [0.15, 0.2) is 54.6 Å². The summed E-state index contributed by atoms with van der Waals surface area (Å²) < 4.78 is 5.43. The molecule has 0 bridgehead atoms. The van der Waals surface area contributed by atoms with Crippen LogP contribution in [0, 0.1) is 0 Å². The molecule has 0 spiro atoms. The zero-order valence-corrected chi connectivity index (χ0v) is 15.8. The topological polar surface area (TPSA) is 61.9 Å². The summed E-state index contributed by atoms with van der Waals surface area (Å²) in [6.07, 6.45) is 1.85. The first kappa shape index (κ1) is 18.5. The first-order valence-corrected chi connectivity index (χ1v) is 9.77. The summed E-state index contributed by atoms with van der Waals surface area (Å²) in [6.45, 7) is 2.87. The van der Waals surface area contributed by atoms with E-state index in [-0.39, 0.29) is 31.0 Å². The number of benzene rings is 2. The third kappa shape index (κ3) is 4.34. The Morgan fingerprint density at radius 2 is 1.75 bits per heavy atom. The Bertz CT molecular complexity index is 832. The van der Waals surface area contributed by atoms with Gasteiger partial charge in [0, 0.05) is 25.7 Å². The first-order valence-electron chi connectivity index (χ1n) is 9.77. The van der Waals surface area contributed by atoms with Crippen LogP contribution < -0.4 is 15.0 Å². The first-order chi connectivity index (χ1) is 13.7. The summed E-state index contributed by atoms with van der Waals surface area (Å²) in [6, 6.07) is 17.9. The summed E-state index contributed by atoms with van der Waals surface area (Å²) in [7, 11) is 0. The van der Waals surface area contributed by atoms with E-state index in [0.717, 1.165) is 32.5 Å². The molecule has 1 fully saturated rings. The second kappa shape index (κ2) is 8.44. The molecule has 2 heterocycles. The molecular weight excluding hydrogens is 354 g/mol. The molecule has 0 atom stereocenters. The largest absolute Gasteiger partial charge is 0.482 e. The summed E-state index contributed by atoms with van der Waals surface area (Å²) in [4.78, 5) is 28.7. The summed E-state index contributed by atoms with van der Waals surface area (Å²) in [5.41, 5.74) is 1.97. The zero-order valence-electron chi connectivity index (χ0n) is 15.8. The van der Waals surface area contributed by atoms with Crippen LogP contribution in [0.3, 0.4) is 0 Å². The van der Waals surface area contributed by atoms with Crippen molar-refractivity contribution in [2.45, 2.75) is 25.4 Å². The number of ether oxygens (including phenoxy) is 1. The number of rotatable bonds is 5. The molecule has 1 N–H and O–H groups in total. The molecule has 2 aromatic carbocycles. The Labute approximate surface area is 165 Å². The second-order valence-electron chi connectivity index (χ2n) is 7.34. The molecule has 2 amide bonds. The molecule has 1 saturated heterocycles. The number of fused-ring (bicyclic) bond motifs is 1. The molecular formula is C22H25N3O3. The van der Waals surface area contributed by atoms with Gasteiger partial charge in [0.05, 0.1) is 5.69 Å². The van der Waals surface area contributed by atoms with Crippen molar-refractivity contribution in [3.63, 3.8) is 0 Å². The van der Waals surface area contributed by atoms with Crippen LogP contribution in [0.4, 0.5) is 5.69 Å². The molecule has 0 saturated carbocycles. The molecule has 0 aliphatic carbocycles. The molecule has 0 radical (unpaired) electrons. The fourth-order valence-corrected chi connectivity index (χ4v) is 3.82. The van der Waals surface area contributed by atoms with Crippen LogP contribution in [-0.4, -0.2) is 49.0 Å². The number of hydrogen-bond donors (Lipinski definition) is 1. The van der Waals surface area contributed by atoms with Crippen molar-refractivity contribution in [2.75, 3.05) is 31.1 Å². The van der Waals surface area contributed by atoms with Gasteiger partial charge < -0.3 is 10.1 Å². The van der Waals surface area contributed by atoms with Gasteiger partial charge in [-0.3, -0.25) is 19.4 Å². The van der Waals surface area contributed by atoms with Crippen molar-refractivity contribution in [1.29, 1.82) is 0 Å². The average Bonchev–Trinajstić information content (AvgIpc) is 2.72. The van der Waals surface area contributed by atoms with Gasteiger partial charge in [-0.15, -0.1) is 0 Å². The van der Waals surface area contributed by atoms with Gasteiger partial charge in [0.2, 0.25) is 5.91 Å². The minimum Gasteiger partial charge on any atom is -0.482 e. The summed E-state index contributed by atoms with van der Waals surface area (Å²) in [5, 5.41) is 3.10. The third-order valence-corrected chi connectivity index (χ3v) is 5.31. The van der Waals surface area contributed by atoms with Crippen molar-refractivity contribution in [1.82, 2.24) is 10.2 Å². The summed E-state index contributed by atoms with van der Waals surface area (Å²) in [5.74, 6) is 0.335. The molecule has 6 heteroatoms. The van der Waals surface area contributed by atoms with Crippen LogP contribution in [-0.2, 0) is 16.1 Å². The number of nitrogens with zero attached hydrogens (tertiary/aromatic N) is 2. The Morgan fingerprint density at radius 1 is 1.04 bits per heavy atom. The fraction of sp³-hybridized carbons (Fsp3) is 0.364. The van der Waals surface area contributed by atoms with Gasteiger partial charge in [0.15, 0.2) is 6.61 Å². The van der Waals surface area contributed by atoms with Crippen LogP contribution in [0.2, 0.25) is 0 Å². The highest BCUT2D eigenvalue weighted by Crippen LogP contribution is 2.31. The molecule has 0 aromatic heterocycles. The van der Waals surface area contributed by atoms with E-state index in [1.807, 2.05) is 30.3 Å². The Kier molecular flexibility index (Phi) is 5.58. The van der Waals surface area contributed by atoms with E-state index in [4.69, 9.17) is 4.74 Å². The highest BCUT2D eigenvalue weighted by atomic mass is 16.5. The number of amides is 2. The van der Waals surface area contributed by atoms with Crippen molar-refractivity contribution in [2.24, 2.45) is 0 Å². The minimum atomic E-state index is -0.188. The van der Waals surface area contributed by atoms with Crippen LogP contribution in [0.1, 0.15) is 18.4 Å². The predicted molar refractivity (Wildman–Crippen MR) is 107 cm³/mol. The van der Waals surface area contributed by atoms with Crippen molar-refractivity contribution in [3.05, 3.63) is 60.2 Å². The molecule has 28 heavy (non-hydrogen) atoms. The lowest BCUT2D eigenvalue weighted by atomic mass is 10.0. The van der Waals surface area contributed by atoms with Gasteiger partial charge in [0.25, 0.3) is 5.91 Å². The quantitative estimate of drug-likeness (QED) is 0.865. The molecule has 6 nitrogen and oxygen atoms in total. The van der Waals surface area contributed by atoms with Gasteiger partial charge in [-0.05, 0) is 30.5 Å². The average molecular weight is 379 g/mol. The van der Waals surface area contributed by atoms with Crippen molar-refractivity contribution in [3.8, 4) is 5.75 Å². The molecule has 2 aliphatic rings. The number of likely N-dealkylation sites (tertiary alicyclic amines) is 1. The second-order valence-corrected chi connectivity index (χ2v) is 7.34. The van der Waals surface area contributed by atoms with Crippen LogP contribution in [0.5, 0.6) is 5.75 Å². The van der Waals surface area contributed by atoms with Gasteiger partial charge >= 0.3 is 0 Å². The molecule has 0 unspecified atom stereocenters. The van der Waals surface area contributed by atoms with Crippen molar-refractivity contribution < 1.29 is 14.3 Å². The van der Waals surface area contributed by atoms with Crippen molar-refractivity contribution >= 4 is 17.5 Å². The van der Waals surface area contributed by atoms with E-state index in [9.17, 15) is 9.59 Å². The van der Waals surface area contributed by atoms with E-state index < -0.39 is 0 Å². The molecule has 146 valence electrons.